The molecule has 1 aromatic rings. The molecule has 0 radical (unpaired) electrons. The van der Waals surface area contributed by atoms with E-state index in [1.54, 1.807) is 0 Å². The molecule has 1 aliphatic rings. The fourth-order valence-corrected chi connectivity index (χ4v) is 3.30. The van der Waals surface area contributed by atoms with E-state index in [0.29, 0.717) is 6.04 Å². The molecule has 1 atom stereocenters. The number of nitrogens with one attached hydrogen (secondary N) is 1. The summed E-state index contributed by atoms with van der Waals surface area (Å²) >= 11 is 0. The summed E-state index contributed by atoms with van der Waals surface area (Å²) in [6.07, 6.45) is 14.9. The molecule has 0 saturated heterocycles. The van der Waals surface area contributed by atoms with Crippen LogP contribution < -0.4 is 5.32 Å². The summed E-state index contributed by atoms with van der Waals surface area (Å²) in [6, 6.07) is 4.92. The minimum absolute atomic E-state index is 0.688. The minimum atomic E-state index is 0.688. The first-order valence-electron chi connectivity index (χ1n) is 8.00. The summed E-state index contributed by atoms with van der Waals surface area (Å²) in [7, 11) is 0. The van der Waals surface area contributed by atoms with Gasteiger partial charge in [-0.3, -0.25) is 4.98 Å². The van der Waals surface area contributed by atoms with Crippen molar-refractivity contribution >= 4 is 0 Å². The van der Waals surface area contributed by atoms with Crippen LogP contribution in [0.2, 0.25) is 0 Å². The molecule has 19 heavy (non-hydrogen) atoms. The van der Waals surface area contributed by atoms with Gasteiger partial charge in [0.2, 0.25) is 0 Å². The predicted octanol–water partition coefficient (Wildman–Crippen LogP) is 3.96. The lowest BCUT2D eigenvalue weighted by Crippen LogP contribution is -2.32. The summed E-state index contributed by atoms with van der Waals surface area (Å²) in [5.41, 5.74) is 1.37. The number of rotatable bonds is 7. The fourth-order valence-electron chi connectivity index (χ4n) is 3.30. The Balaban J connectivity index is 1.78. The predicted molar refractivity (Wildman–Crippen MR) is 81.2 cm³/mol. The molecule has 0 spiro atoms. The number of aryl methyl sites for hydroxylation is 1. The van der Waals surface area contributed by atoms with Crippen molar-refractivity contribution in [2.24, 2.45) is 5.92 Å². The summed E-state index contributed by atoms with van der Waals surface area (Å²) in [5.74, 6) is 0.965. The molecule has 0 bridgehead atoms. The molecule has 1 fully saturated rings. The highest BCUT2D eigenvalue weighted by Gasteiger charge is 2.18. The average molecular weight is 260 g/mol. The van der Waals surface area contributed by atoms with Gasteiger partial charge in [0.05, 0.1) is 0 Å². The van der Waals surface area contributed by atoms with E-state index >= 15 is 0 Å². The molecule has 1 saturated carbocycles. The van der Waals surface area contributed by atoms with E-state index in [1.807, 2.05) is 18.5 Å². The van der Waals surface area contributed by atoms with Gasteiger partial charge in [-0.1, -0.05) is 45.1 Å². The highest BCUT2D eigenvalue weighted by atomic mass is 14.9. The zero-order valence-corrected chi connectivity index (χ0v) is 12.3. The van der Waals surface area contributed by atoms with Gasteiger partial charge >= 0.3 is 0 Å². The number of pyridine rings is 1. The molecule has 2 nitrogen and oxygen atoms in total. The van der Waals surface area contributed by atoms with E-state index in [2.05, 4.69) is 23.3 Å². The van der Waals surface area contributed by atoms with Crippen LogP contribution in [0.5, 0.6) is 0 Å². The Kier molecular flexibility index (Phi) is 6.35. The first-order valence-corrected chi connectivity index (χ1v) is 8.00. The van der Waals surface area contributed by atoms with Crippen LogP contribution in [0.1, 0.15) is 57.4 Å². The maximum atomic E-state index is 4.20. The minimum Gasteiger partial charge on any atom is -0.314 e. The molecule has 1 unspecified atom stereocenters. The van der Waals surface area contributed by atoms with E-state index in [0.717, 1.165) is 18.9 Å². The van der Waals surface area contributed by atoms with Crippen LogP contribution >= 0.6 is 0 Å². The van der Waals surface area contributed by atoms with Crippen LogP contribution in [-0.4, -0.2) is 17.6 Å². The highest BCUT2D eigenvalue weighted by Crippen LogP contribution is 2.28. The summed E-state index contributed by atoms with van der Waals surface area (Å²) in [5, 5.41) is 3.68. The van der Waals surface area contributed by atoms with E-state index in [-0.39, 0.29) is 0 Å². The summed E-state index contributed by atoms with van der Waals surface area (Å²) < 4.78 is 0. The van der Waals surface area contributed by atoms with Gasteiger partial charge < -0.3 is 5.32 Å². The molecular weight excluding hydrogens is 232 g/mol. The SMILES string of the molecule is CCNC(CCc1cccnc1)CC1CCCCC1. The fraction of sp³-hybridized carbons (Fsp3) is 0.706. The number of nitrogens with zero attached hydrogens (tertiary/aromatic N) is 1. The normalized spacial score (nSPS) is 18.4. The van der Waals surface area contributed by atoms with Gasteiger partial charge in [-0.05, 0) is 43.4 Å². The Hall–Kier alpha value is -0.890. The molecule has 1 aromatic heterocycles. The number of aromatic nitrogens is 1. The molecule has 106 valence electrons. The molecule has 1 aliphatic carbocycles. The van der Waals surface area contributed by atoms with Crippen molar-refractivity contribution in [3.05, 3.63) is 30.1 Å². The van der Waals surface area contributed by atoms with E-state index < -0.39 is 0 Å². The van der Waals surface area contributed by atoms with Crippen molar-refractivity contribution in [3.63, 3.8) is 0 Å². The Bertz CT molecular complexity index is 330. The van der Waals surface area contributed by atoms with Gasteiger partial charge in [0.15, 0.2) is 0 Å². The van der Waals surface area contributed by atoms with Crippen LogP contribution in [0.4, 0.5) is 0 Å². The topological polar surface area (TPSA) is 24.9 Å². The van der Waals surface area contributed by atoms with Gasteiger partial charge in [-0.25, -0.2) is 0 Å². The van der Waals surface area contributed by atoms with Crippen LogP contribution in [0, 0.1) is 5.92 Å². The zero-order valence-electron chi connectivity index (χ0n) is 12.3. The molecule has 2 rings (SSSR count). The Morgan fingerprint density at radius 2 is 2.16 bits per heavy atom. The lowest BCUT2D eigenvalue weighted by atomic mass is 9.83. The quantitative estimate of drug-likeness (QED) is 0.802. The van der Waals surface area contributed by atoms with Crippen molar-refractivity contribution in [1.29, 1.82) is 0 Å². The Labute approximate surface area is 118 Å². The third-order valence-electron chi connectivity index (χ3n) is 4.34. The molecule has 2 heteroatoms. The molecule has 1 heterocycles. The lowest BCUT2D eigenvalue weighted by molar-refractivity contribution is 0.292. The Morgan fingerprint density at radius 3 is 2.84 bits per heavy atom. The molecular formula is C17H28N2. The van der Waals surface area contributed by atoms with Gasteiger partial charge in [-0.15, -0.1) is 0 Å². The van der Waals surface area contributed by atoms with Gasteiger partial charge in [0.1, 0.15) is 0 Å². The lowest BCUT2D eigenvalue weighted by Gasteiger charge is -2.27. The zero-order chi connectivity index (χ0) is 13.3. The van der Waals surface area contributed by atoms with Crippen LogP contribution in [0.15, 0.2) is 24.5 Å². The van der Waals surface area contributed by atoms with Crippen molar-refractivity contribution < 1.29 is 0 Å². The second-order valence-corrected chi connectivity index (χ2v) is 5.89. The molecule has 0 aromatic carbocycles. The van der Waals surface area contributed by atoms with E-state index in [9.17, 15) is 0 Å². The van der Waals surface area contributed by atoms with Crippen LogP contribution in [0.3, 0.4) is 0 Å². The van der Waals surface area contributed by atoms with Crippen LogP contribution in [-0.2, 0) is 6.42 Å². The average Bonchev–Trinajstić information content (AvgIpc) is 2.47. The molecule has 0 aliphatic heterocycles. The van der Waals surface area contributed by atoms with Gasteiger partial charge in [0, 0.05) is 18.4 Å². The van der Waals surface area contributed by atoms with Crippen LogP contribution in [0.25, 0.3) is 0 Å². The van der Waals surface area contributed by atoms with Gasteiger partial charge in [0.25, 0.3) is 0 Å². The first-order chi connectivity index (χ1) is 9.38. The van der Waals surface area contributed by atoms with E-state index in [1.165, 1.54) is 50.5 Å². The second kappa shape index (κ2) is 8.31. The number of hydrogen-bond acceptors (Lipinski definition) is 2. The largest absolute Gasteiger partial charge is 0.314 e. The van der Waals surface area contributed by atoms with E-state index in [4.69, 9.17) is 0 Å². The maximum Gasteiger partial charge on any atom is 0.0299 e. The van der Waals surface area contributed by atoms with Crippen molar-refractivity contribution in [2.45, 2.75) is 64.3 Å². The maximum absolute atomic E-state index is 4.20. The summed E-state index contributed by atoms with van der Waals surface area (Å²) in [6.45, 7) is 3.31. The van der Waals surface area contributed by atoms with Crippen molar-refractivity contribution in [1.82, 2.24) is 10.3 Å². The van der Waals surface area contributed by atoms with Crippen molar-refractivity contribution in [2.75, 3.05) is 6.54 Å². The summed E-state index contributed by atoms with van der Waals surface area (Å²) in [4.78, 5) is 4.20. The smallest absolute Gasteiger partial charge is 0.0299 e. The van der Waals surface area contributed by atoms with Crippen molar-refractivity contribution in [3.8, 4) is 0 Å². The third kappa shape index (κ3) is 5.32. The Morgan fingerprint density at radius 1 is 1.32 bits per heavy atom. The molecule has 0 amide bonds. The standard InChI is InChI=1S/C17H28N2/c1-2-19-17(13-15-7-4-3-5-8-15)11-10-16-9-6-12-18-14-16/h6,9,12,14-15,17,19H,2-5,7-8,10-11,13H2,1H3. The number of hydrogen-bond donors (Lipinski definition) is 1. The monoisotopic (exact) mass is 260 g/mol. The molecule has 1 N–H and O–H groups in total. The second-order valence-electron chi connectivity index (χ2n) is 5.89. The first kappa shape index (κ1) is 14.5. The third-order valence-corrected chi connectivity index (χ3v) is 4.34. The van der Waals surface area contributed by atoms with Gasteiger partial charge in [-0.2, -0.15) is 0 Å². The highest BCUT2D eigenvalue weighted by molar-refractivity contribution is 5.08.